The fourth-order valence-corrected chi connectivity index (χ4v) is 3.29. The van der Waals surface area contributed by atoms with Crippen LogP contribution in [-0.4, -0.2) is 12.5 Å². The molecule has 22 heavy (non-hydrogen) atoms. The quantitative estimate of drug-likeness (QED) is 0.657. The smallest absolute Gasteiger partial charge is 0.193 e. The Balaban J connectivity index is 1.73. The largest absolute Gasteiger partial charge is 0.370 e. The van der Waals surface area contributed by atoms with E-state index in [0.29, 0.717) is 12.5 Å². The molecule has 3 nitrogen and oxygen atoms in total. The summed E-state index contributed by atoms with van der Waals surface area (Å²) in [5.41, 5.74) is 8.20. The van der Waals surface area contributed by atoms with Gasteiger partial charge in [-0.1, -0.05) is 54.4 Å². The van der Waals surface area contributed by atoms with Crippen LogP contribution < -0.4 is 11.1 Å². The van der Waals surface area contributed by atoms with Gasteiger partial charge in [0.15, 0.2) is 5.96 Å². The molecule has 2 aromatic carbocycles. The molecule has 0 heterocycles. The van der Waals surface area contributed by atoms with Crippen LogP contribution in [0.5, 0.6) is 0 Å². The Bertz CT molecular complexity index is 663. The molecule has 3 N–H and O–H groups in total. The number of nitrogens with one attached hydrogen (secondary N) is 1. The lowest BCUT2D eigenvalue weighted by Gasteiger charge is -2.41. The fraction of sp³-hybridized carbons (Fsp3) is 0.278. The van der Waals surface area contributed by atoms with Gasteiger partial charge in [-0.05, 0) is 36.6 Å². The van der Waals surface area contributed by atoms with Crippen LogP contribution in [0.3, 0.4) is 0 Å². The Morgan fingerprint density at radius 2 is 1.77 bits per heavy atom. The van der Waals surface area contributed by atoms with Crippen molar-refractivity contribution < 1.29 is 0 Å². The zero-order valence-corrected chi connectivity index (χ0v) is 13.2. The highest BCUT2D eigenvalue weighted by Crippen LogP contribution is 2.46. The molecule has 0 spiro atoms. The number of aliphatic imine (C=N–C) groups is 1. The van der Waals surface area contributed by atoms with Gasteiger partial charge in [-0.15, -0.1) is 0 Å². The first-order chi connectivity index (χ1) is 10.7. The van der Waals surface area contributed by atoms with Crippen LogP contribution in [-0.2, 0) is 5.41 Å². The Labute approximate surface area is 136 Å². The highest BCUT2D eigenvalue weighted by atomic mass is 35.5. The van der Waals surface area contributed by atoms with E-state index in [9.17, 15) is 0 Å². The van der Waals surface area contributed by atoms with Crippen molar-refractivity contribution in [3.8, 4) is 0 Å². The molecular weight excluding hydrogens is 294 g/mol. The average molecular weight is 314 g/mol. The van der Waals surface area contributed by atoms with E-state index in [-0.39, 0.29) is 5.41 Å². The number of rotatable bonds is 4. The van der Waals surface area contributed by atoms with Gasteiger partial charge in [0, 0.05) is 16.1 Å². The minimum Gasteiger partial charge on any atom is -0.370 e. The van der Waals surface area contributed by atoms with Crippen molar-refractivity contribution in [1.29, 1.82) is 0 Å². The molecule has 1 aliphatic rings. The SMILES string of the molecule is NC(=NCC1(c2ccccc2Cl)CCC1)Nc1ccccc1. The van der Waals surface area contributed by atoms with Crippen molar-refractivity contribution in [2.24, 2.45) is 10.7 Å². The summed E-state index contributed by atoms with van der Waals surface area (Å²) in [6.07, 6.45) is 3.43. The predicted octanol–water partition coefficient (Wildman–Crippen LogP) is 4.19. The van der Waals surface area contributed by atoms with Gasteiger partial charge in [0.05, 0.1) is 6.54 Å². The molecule has 0 atom stereocenters. The predicted molar refractivity (Wildman–Crippen MR) is 93.5 cm³/mol. The molecule has 0 aliphatic heterocycles. The van der Waals surface area contributed by atoms with E-state index in [1.54, 1.807) is 0 Å². The van der Waals surface area contributed by atoms with Crippen molar-refractivity contribution in [2.45, 2.75) is 24.7 Å². The summed E-state index contributed by atoms with van der Waals surface area (Å²) in [5, 5.41) is 3.95. The summed E-state index contributed by atoms with van der Waals surface area (Å²) in [5.74, 6) is 0.449. The van der Waals surface area contributed by atoms with E-state index in [4.69, 9.17) is 17.3 Å². The summed E-state index contributed by atoms with van der Waals surface area (Å²) in [4.78, 5) is 4.56. The maximum atomic E-state index is 6.37. The maximum absolute atomic E-state index is 6.37. The molecule has 0 radical (unpaired) electrons. The Morgan fingerprint density at radius 3 is 2.41 bits per heavy atom. The second-order valence-corrected chi connectivity index (χ2v) is 6.21. The number of benzene rings is 2. The lowest BCUT2D eigenvalue weighted by atomic mass is 9.64. The molecule has 0 aromatic heterocycles. The van der Waals surface area contributed by atoms with Gasteiger partial charge in [0.25, 0.3) is 0 Å². The zero-order valence-electron chi connectivity index (χ0n) is 12.4. The number of halogens is 1. The number of nitrogens with zero attached hydrogens (tertiary/aromatic N) is 1. The van der Waals surface area contributed by atoms with E-state index < -0.39 is 0 Å². The molecular formula is C18H20ClN3. The van der Waals surface area contributed by atoms with Crippen molar-refractivity contribution >= 4 is 23.2 Å². The van der Waals surface area contributed by atoms with Gasteiger partial charge in [0.1, 0.15) is 0 Å². The molecule has 1 aliphatic carbocycles. The fourth-order valence-electron chi connectivity index (χ4n) is 2.95. The van der Waals surface area contributed by atoms with Crippen molar-refractivity contribution in [3.63, 3.8) is 0 Å². The molecule has 0 saturated heterocycles. The summed E-state index contributed by atoms with van der Waals surface area (Å²) >= 11 is 6.37. The van der Waals surface area contributed by atoms with E-state index in [1.807, 2.05) is 48.5 Å². The van der Waals surface area contributed by atoms with Gasteiger partial charge in [-0.2, -0.15) is 0 Å². The van der Waals surface area contributed by atoms with Crippen molar-refractivity contribution in [3.05, 3.63) is 65.2 Å². The van der Waals surface area contributed by atoms with Gasteiger partial charge in [-0.25, -0.2) is 0 Å². The molecule has 114 valence electrons. The molecule has 0 bridgehead atoms. The lowest BCUT2D eigenvalue weighted by Crippen LogP contribution is -2.39. The minimum absolute atomic E-state index is 0.0430. The second kappa shape index (κ2) is 6.41. The molecule has 1 fully saturated rings. The summed E-state index contributed by atoms with van der Waals surface area (Å²) in [6, 6.07) is 17.9. The van der Waals surface area contributed by atoms with E-state index in [1.165, 1.54) is 12.0 Å². The first kappa shape index (κ1) is 14.9. The van der Waals surface area contributed by atoms with Crippen LogP contribution in [0.25, 0.3) is 0 Å². The first-order valence-corrected chi connectivity index (χ1v) is 7.94. The molecule has 3 rings (SSSR count). The highest BCUT2D eigenvalue weighted by Gasteiger charge is 2.39. The molecule has 4 heteroatoms. The van der Waals surface area contributed by atoms with Crippen molar-refractivity contribution in [1.82, 2.24) is 0 Å². The zero-order chi connectivity index (χ0) is 15.4. The first-order valence-electron chi connectivity index (χ1n) is 7.57. The van der Waals surface area contributed by atoms with Crippen LogP contribution in [0.4, 0.5) is 5.69 Å². The third-order valence-corrected chi connectivity index (χ3v) is 4.68. The van der Waals surface area contributed by atoms with E-state index in [0.717, 1.165) is 23.6 Å². The number of nitrogens with two attached hydrogens (primary N) is 1. The van der Waals surface area contributed by atoms with Crippen LogP contribution in [0.2, 0.25) is 5.02 Å². The highest BCUT2D eigenvalue weighted by molar-refractivity contribution is 6.31. The molecule has 1 saturated carbocycles. The van der Waals surface area contributed by atoms with Crippen LogP contribution in [0.15, 0.2) is 59.6 Å². The Hall–Kier alpha value is -2.00. The third-order valence-electron chi connectivity index (χ3n) is 4.35. The lowest BCUT2D eigenvalue weighted by molar-refractivity contribution is 0.254. The van der Waals surface area contributed by atoms with Crippen LogP contribution >= 0.6 is 11.6 Å². The summed E-state index contributed by atoms with van der Waals surface area (Å²) in [6.45, 7) is 0.669. The topological polar surface area (TPSA) is 50.4 Å². The number of hydrogen-bond acceptors (Lipinski definition) is 1. The maximum Gasteiger partial charge on any atom is 0.193 e. The van der Waals surface area contributed by atoms with E-state index in [2.05, 4.69) is 16.4 Å². The van der Waals surface area contributed by atoms with Gasteiger partial charge in [-0.3, -0.25) is 4.99 Å². The number of guanidine groups is 1. The normalized spacial score (nSPS) is 16.9. The molecule has 0 amide bonds. The minimum atomic E-state index is 0.0430. The third kappa shape index (κ3) is 3.09. The van der Waals surface area contributed by atoms with Crippen molar-refractivity contribution in [2.75, 3.05) is 11.9 Å². The Morgan fingerprint density at radius 1 is 1.09 bits per heavy atom. The molecule has 2 aromatic rings. The number of anilines is 1. The average Bonchev–Trinajstić information content (AvgIpc) is 2.49. The van der Waals surface area contributed by atoms with Crippen LogP contribution in [0.1, 0.15) is 24.8 Å². The summed E-state index contributed by atoms with van der Waals surface area (Å²) in [7, 11) is 0. The van der Waals surface area contributed by atoms with E-state index >= 15 is 0 Å². The van der Waals surface area contributed by atoms with Gasteiger partial charge >= 0.3 is 0 Å². The monoisotopic (exact) mass is 313 g/mol. The van der Waals surface area contributed by atoms with Crippen LogP contribution in [0, 0.1) is 0 Å². The number of para-hydroxylation sites is 1. The molecule has 0 unspecified atom stereocenters. The standard InChI is InChI=1S/C18H20ClN3/c19-16-10-5-4-9-15(16)18(11-6-12-18)13-21-17(20)22-14-7-2-1-3-8-14/h1-5,7-10H,6,11-13H2,(H3,20,21,22). The second-order valence-electron chi connectivity index (χ2n) is 5.81. The number of hydrogen-bond donors (Lipinski definition) is 2. The summed E-state index contributed by atoms with van der Waals surface area (Å²) < 4.78 is 0. The van der Waals surface area contributed by atoms with Gasteiger partial charge < -0.3 is 11.1 Å². The Kier molecular flexibility index (Phi) is 4.34. The van der Waals surface area contributed by atoms with Gasteiger partial charge in [0.2, 0.25) is 0 Å².